The van der Waals surface area contributed by atoms with Gasteiger partial charge in [-0.15, -0.1) is 5.10 Å². The number of halogens is 1. The van der Waals surface area contributed by atoms with Crippen molar-refractivity contribution >= 4 is 23.2 Å². The lowest BCUT2D eigenvalue weighted by atomic mass is 10.1. The van der Waals surface area contributed by atoms with Crippen LogP contribution in [0.1, 0.15) is 10.4 Å². The zero-order valence-corrected chi connectivity index (χ0v) is 14.7. The van der Waals surface area contributed by atoms with Crippen LogP contribution >= 0.6 is 11.6 Å². The molecule has 7 nitrogen and oxygen atoms in total. The van der Waals surface area contributed by atoms with E-state index < -0.39 is 0 Å². The first-order chi connectivity index (χ1) is 13.2. The lowest BCUT2D eigenvalue weighted by Gasteiger charge is -2.09. The quantitative estimate of drug-likeness (QED) is 0.587. The lowest BCUT2D eigenvalue weighted by molar-refractivity contribution is 0.102. The third-order valence-electron chi connectivity index (χ3n) is 3.91. The number of hydrogen-bond donors (Lipinski definition) is 1. The standard InChI is InChI=1S/C19H13ClN6O/c20-17-9-6-14(11-16(17)18-3-1-2-10-21-18)23-19(27)13-4-7-15(8-5-13)26-12-22-24-25-26/h1-12H,(H,23,27). The van der Waals surface area contributed by atoms with E-state index >= 15 is 0 Å². The molecule has 4 rings (SSSR count). The summed E-state index contributed by atoms with van der Waals surface area (Å²) in [5.74, 6) is -0.229. The number of tetrazole rings is 1. The van der Waals surface area contributed by atoms with Gasteiger partial charge in [0, 0.05) is 23.0 Å². The predicted octanol–water partition coefficient (Wildman–Crippen LogP) is 3.63. The van der Waals surface area contributed by atoms with Gasteiger partial charge in [-0.05, 0) is 65.0 Å². The fourth-order valence-electron chi connectivity index (χ4n) is 2.57. The Labute approximate surface area is 159 Å². The van der Waals surface area contributed by atoms with Crippen molar-refractivity contribution in [1.82, 2.24) is 25.2 Å². The highest BCUT2D eigenvalue weighted by Crippen LogP contribution is 2.29. The number of carbonyl (C=O) groups is 1. The van der Waals surface area contributed by atoms with Gasteiger partial charge in [0.25, 0.3) is 5.91 Å². The minimum absolute atomic E-state index is 0.229. The van der Waals surface area contributed by atoms with Crippen LogP contribution in [0.5, 0.6) is 0 Å². The van der Waals surface area contributed by atoms with E-state index in [2.05, 4.69) is 25.8 Å². The van der Waals surface area contributed by atoms with Gasteiger partial charge in [-0.2, -0.15) is 0 Å². The molecule has 2 heterocycles. The van der Waals surface area contributed by atoms with Gasteiger partial charge in [-0.25, -0.2) is 4.68 Å². The SMILES string of the molecule is O=C(Nc1ccc(Cl)c(-c2ccccn2)c1)c1ccc(-n2cnnn2)cc1. The van der Waals surface area contributed by atoms with Crippen LogP contribution in [0.25, 0.3) is 16.9 Å². The van der Waals surface area contributed by atoms with Crippen molar-refractivity contribution in [3.05, 3.63) is 83.8 Å². The van der Waals surface area contributed by atoms with E-state index in [1.54, 1.807) is 48.7 Å². The van der Waals surface area contributed by atoms with E-state index in [9.17, 15) is 4.79 Å². The third-order valence-corrected chi connectivity index (χ3v) is 4.24. The van der Waals surface area contributed by atoms with Crippen molar-refractivity contribution in [2.24, 2.45) is 0 Å². The summed E-state index contributed by atoms with van der Waals surface area (Å²) >= 11 is 6.28. The Kier molecular flexibility index (Phi) is 4.59. The summed E-state index contributed by atoms with van der Waals surface area (Å²) in [6.07, 6.45) is 3.19. The normalized spacial score (nSPS) is 10.6. The molecular formula is C19H13ClN6O. The molecular weight excluding hydrogens is 364 g/mol. The van der Waals surface area contributed by atoms with Gasteiger partial charge in [0.15, 0.2) is 0 Å². The smallest absolute Gasteiger partial charge is 0.255 e. The van der Waals surface area contributed by atoms with Gasteiger partial charge >= 0.3 is 0 Å². The van der Waals surface area contributed by atoms with Crippen LogP contribution in [0.3, 0.4) is 0 Å². The maximum absolute atomic E-state index is 12.5. The fourth-order valence-corrected chi connectivity index (χ4v) is 2.78. The average Bonchev–Trinajstić information content (AvgIpc) is 3.25. The van der Waals surface area contributed by atoms with E-state index in [-0.39, 0.29) is 5.91 Å². The number of nitrogens with zero attached hydrogens (tertiary/aromatic N) is 5. The van der Waals surface area contributed by atoms with Gasteiger partial charge in [0.1, 0.15) is 6.33 Å². The topological polar surface area (TPSA) is 85.6 Å². The first-order valence-corrected chi connectivity index (χ1v) is 8.44. The molecule has 27 heavy (non-hydrogen) atoms. The minimum Gasteiger partial charge on any atom is -0.322 e. The van der Waals surface area contributed by atoms with E-state index in [0.29, 0.717) is 16.3 Å². The molecule has 0 saturated heterocycles. The van der Waals surface area contributed by atoms with E-state index in [1.807, 2.05) is 18.2 Å². The van der Waals surface area contributed by atoms with Crippen LogP contribution in [-0.2, 0) is 0 Å². The molecule has 2 aromatic heterocycles. The van der Waals surface area contributed by atoms with Crippen LogP contribution < -0.4 is 5.32 Å². The highest BCUT2D eigenvalue weighted by Gasteiger charge is 2.10. The number of hydrogen-bond acceptors (Lipinski definition) is 5. The van der Waals surface area contributed by atoms with Crippen LogP contribution in [0.4, 0.5) is 5.69 Å². The summed E-state index contributed by atoms with van der Waals surface area (Å²) in [6, 6.07) is 17.8. The molecule has 0 aliphatic rings. The van der Waals surface area contributed by atoms with Crippen LogP contribution in [0.15, 0.2) is 73.2 Å². The second-order valence-corrected chi connectivity index (χ2v) is 6.07. The van der Waals surface area contributed by atoms with Gasteiger partial charge in [0.2, 0.25) is 0 Å². The van der Waals surface area contributed by atoms with Crippen molar-refractivity contribution in [2.45, 2.75) is 0 Å². The summed E-state index contributed by atoms with van der Waals surface area (Å²) < 4.78 is 1.51. The van der Waals surface area contributed by atoms with E-state index in [0.717, 1.165) is 16.9 Å². The molecule has 0 atom stereocenters. The van der Waals surface area contributed by atoms with Crippen molar-refractivity contribution in [3.63, 3.8) is 0 Å². The van der Waals surface area contributed by atoms with Crippen molar-refractivity contribution < 1.29 is 4.79 Å². The van der Waals surface area contributed by atoms with E-state index in [4.69, 9.17) is 11.6 Å². The number of nitrogens with one attached hydrogen (secondary N) is 1. The molecule has 0 bridgehead atoms. The first-order valence-electron chi connectivity index (χ1n) is 8.06. The van der Waals surface area contributed by atoms with Crippen LogP contribution in [-0.4, -0.2) is 31.1 Å². The van der Waals surface area contributed by atoms with Gasteiger partial charge < -0.3 is 5.32 Å². The largest absolute Gasteiger partial charge is 0.322 e. The number of pyridine rings is 1. The molecule has 0 unspecified atom stereocenters. The van der Waals surface area contributed by atoms with Crippen molar-refractivity contribution in [1.29, 1.82) is 0 Å². The Morgan fingerprint density at radius 1 is 1.04 bits per heavy atom. The number of aromatic nitrogens is 5. The maximum atomic E-state index is 12.5. The predicted molar refractivity (Wildman–Crippen MR) is 102 cm³/mol. The summed E-state index contributed by atoms with van der Waals surface area (Å²) in [5, 5.41) is 14.4. The zero-order valence-electron chi connectivity index (χ0n) is 14.0. The number of carbonyl (C=O) groups excluding carboxylic acids is 1. The fraction of sp³-hybridized carbons (Fsp3) is 0. The summed E-state index contributed by atoms with van der Waals surface area (Å²) in [6.45, 7) is 0. The molecule has 0 saturated carbocycles. The van der Waals surface area contributed by atoms with Crippen LogP contribution in [0, 0.1) is 0 Å². The summed E-state index contributed by atoms with van der Waals surface area (Å²) in [4.78, 5) is 16.8. The molecule has 1 N–H and O–H groups in total. The van der Waals surface area contributed by atoms with Gasteiger partial charge in [-0.3, -0.25) is 9.78 Å². The Balaban J connectivity index is 1.55. The highest BCUT2D eigenvalue weighted by atomic mass is 35.5. The number of anilines is 1. The third kappa shape index (κ3) is 3.68. The molecule has 0 spiro atoms. The molecule has 4 aromatic rings. The first kappa shape index (κ1) is 16.9. The second kappa shape index (κ2) is 7.35. The van der Waals surface area contributed by atoms with Crippen LogP contribution in [0.2, 0.25) is 5.02 Å². The highest BCUT2D eigenvalue weighted by molar-refractivity contribution is 6.33. The Morgan fingerprint density at radius 3 is 2.59 bits per heavy atom. The maximum Gasteiger partial charge on any atom is 0.255 e. The molecule has 0 fully saturated rings. The number of amides is 1. The summed E-state index contributed by atoms with van der Waals surface area (Å²) in [5.41, 5.74) is 3.41. The summed E-state index contributed by atoms with van der Waals surface area (Å²) in [7, 11) is 0. The molecule has 8 heteroatoms. The van der Waals surface area contributed by atoms with Gasteiger partial charge in [0.05, 0.1) is 16.4 Å². The number of rotatable bonds is 4. The van der Waals surface area contributed by atoms with Gasteiger partial charge in [-0.1, -0.05) is 17.7 Å². The molecule has 1 amide bonds. The van der Waals surface area contributed by atoms with Crippen molar-refractivity contribution in [2.75, 3.05) is 5.32 Å². The molecule has 132 valence electrons. The average molecular weight is 377 g/mol. The number of benzene rings is 2. The molecule has 0 aliphatic heterocycles. The monoisotopic (exact) mass is 376 g/mol. The van der Waals surface area contributed by atoms with E-state index in [1.165, 1.54) is 11.0 Å². The van der Waals surface area contributed by atoms with Crippen molar-refractivity contribution in [3.8, 4) is 16.9 Å². The molecule has 2 aromatic carbocycles. The lowest BCUT2D eigenvalue weighted by Crippen LogP contribution is -2.12. The second-order valence-electron chi connectivity index (χ2n) is 5.66. The minimum atomic E-state index is -0.229. The Bertz CT molecular complexity index is 1070. The Morgan fingerprint density at radius 2 is 1.89 bits per heavy atom. The molecule has 0 radical (unpaired) electrons. The molecule has 0 aliphatic carbocycles. The zero-order chi connectivity index (χ0) is 18.6. The Hall–Kier alpha value is -3.58.